The highest BCUT2D eigenvalue weighted by atomic mass is 35.5. The van der Waals surface area contributed by atoms with Crippen LogP contribution in [0.2, 0.25) is 5.02 Å². The molecule has 0 radical (unpaired) electrons. The minimum atomic E-state index is -0.196. The number of amides is 2. The van der Waals surface area contributed by atoms with Crippen molar-refractivity contribution < 1.29 is 9.53 Å². The number of aromatic nitrogens is 2. The molecule has 2 aromatic rings. The standard InChI is InChI=1S/C20H29ClN4O2/c1-14-18(15(2)25(24-14)10-11-27-5)12-22-19(26)23-13-20(3,4)16-6-8-17(21)9-7-16/h6-9H,10-13H2,1-5H3,(H2,22,23,26). The van der Waals surface area contributed by atoms with Crippen LogP contribution in [0.1, 0.15) is 36.4 Å². The molecule has 0 saturated heterocycles. The smallest absolute Gasteiger partial charge is 0.315 e. The predicted octanol–water partition coefficient (Wildman–Crippen LogP) is 3.58. The maximum atomic E-state index is 12.3. The molecule has 27 heavy (non-hydrogen) atoms. The lowest BCUT2D eigenvalue weighted by Crippen LogP contribution is -2.42. The van der Waals surface area contributed by atoms with Crippen molar-refractivity contribution in [3.05, 3.63) is 51.8 Å². The summed E-state index contributed by atoms with van der Waals surface area (Å²) in [7, 11) is 1.67. The van der Waals surface area contributed by atoms with Crippen molar-refractivity contribution in [2.45, 2.75) is 46.2 Å². The second-order valence-corrected chi connectivity index (χ2v) is 7.73. The number of aryl methyl sites for hydroxylation is 1. The summed E-state index contributed by atoms with van der Waals surface area (Å²) in [5, 5.41) is 11.1. The first-order valence-corrected chi connectivity index (χ1v) is 9.42. The van der Waals surface area contributed by atoms with Crippen LogP contribution in [0.5, 0.6) is 0 Å². The SMILES string of the molecule is COCCn1nc(C)c(CNC(=O)NCC(C)(C)c2ccc(Cl)cc2)c1C. The summed E-state index contributed by atoms with van der Waals surface area (Å²) in [5.41, 5.74) is 3.94. The quantitative estimate of drug-likeness (QED) is 0.721. The zero-order valence-electron chi connectivity index (χ0n) is 16.7. The third-order valence-corrected chi connectivity index (χ3v) is 5.03. The number of ether oxygens (including phenoxy) is 1. The van der Waals surface area contributed by atoms with Crippen molar-refractivity contribution in [2.24, 2.45) is 0 Å². The van der Waals surface area contributed by atoms with Crippen molar-refractivity contribution in [3.8, 4) is 0 Å². The van der Waals surface area contributed by atoms with Crippen LogP contribution in [0.4, 0.5) is 4.79 Å². The Morgan fingerprint density at radius 3 is 2.52 bits per heavy atom. The summed E-state index contributed by atoms with van der Waals surface area (Å²) in [4.78, 5) is 12.3. The summed E-state index contributed by atoms with van der Waals surface area (Å²) >= 11 is 5.95. The summed E-state index contributed by atoms with van der Waals surface area (Å²) < 4.78 is 7.02. The Hall–Kier alpha value is -2.05. The lowest BCUT2D eigenvalue weighted by Gasteiger charge is -2.25. The highest BCUT2D eigenvalue weighted by Crippen LogP contribution is 2.23. The molecule has 0 aliphatic heterocycles. The van der Waals surface area contributed by atoms with Crippen LogP contribution in [0.25, 0.3) is 0 Å². The third-order valence-electron chi connectivity index (χ3n) is 4.78. The van der Waals surface area contributed by atoms with Crippen molar-refractivity contribution in [1.82, 2.24) is 20.4 Å². The minimum absolute atomic E-state index is 0.194. The van der Waals surface area contributed by atoms with E-state index in [1.54, 1.807) is 7.11 Å². The number of nitrogens with one attached hydrogen (secondary N) is 2. The number of halogens is 1. The van der Waals surface area contributed by atoms with Crippen LogP contribution in [-0.2, 0) is 23.2 Å². The highest BCUT2D eigenvalue weighted by Gasteiger charge is 2.21. The van der Waals surface area contributed by atoms with E-state index in [2.05, 4.69) is 29.6 Å². The third kappa shape index (κ3) is 5.71. The first-order chi connectivity index (χ1) is 12.7. The average molecular weight is 393 g/mol. The molecule has 0 unspecified atom stereocenters. The fourth-order valence-electron chi connectivity index (χ4n) is 2.92. The van der Waals surface area contributed by atoms with E-state index < -0.39 is 0 Å². The molecule has 0 bridgehead atoms. The second-order valence-electron chi connectivity index (χ2n) is 7.29. The number of benzene rings is 1. The van der Waals surface area contributed by atoms with Gasteiger partial charge in [-0.1, -0.05) is 37.6 Å². The minimum Gasteiger partial charge on any atom is -0.383 e. The van der Waals surface area contributed by atoms with Crippen LogP contribution < -0.4 is 10.6 Å². The van der Waals surface area contributed by atoms with Crippen molar-refractivity contribution in [2.75, 3.05) is 20.3 Å². The van der Waals surface area contributed by atoms with Crippen LogP contribution in [-0.4, -0.2) is 36.1 Å². The molecule has 1 aromatic carbocycles. The molecular formula is C20H29ClN4O2. The lowest BCUT2D eigenvalue weighted by atomic mass is 9.85. The summed E-state index contributed by atoms with van der Waals surface area (Å²) in [5.74, 6) is 0. The van der Waals surface area contributed by atoms with Crippen LogP contribution in [0, 0.1) is 13.8 Å². The number of nitrogens with zero attached hydrogens (tertiary/aromatic N) is 2. The van der Waals surface area contributed by atoms with Gasteiger partial charge in [-0.15, -0.1) is 0 Å². The fourth-order valence-corrected chi connectivity index (χ4v) is 3.05. The largest absolute Gasteiger partial charge is 0.383 e. The molecule has 0 aliphatic rings. The number of hydrogen-bond donors (Lipinski definition) is 2. The van der Waals surface area contributed by atoms with Crippen molar-refractivity contribution >= 4 is 17.6 Å². The van der Waals surface area contributed by atoms with Gasteiger partial charge in [-0.25, -0.2) is 4.79 Å². The molecule has 0 spiro atoms. The molecule has 2 rings (SSSR count). The van der Waals surface area contributed by atoms with Gasteiger partial charge in [0.05, 0.1) is 18.8 Å². The zero-order valence-corrected chi connectivity index (χ0v) is 17.5. The monoisotopic (exact) mass is 392 g/mol. The van der Waals surface area contributed by atoms with Gasteiger partial charge in [-0.2, -0.15) is 5.10 Å². The second kappa shape index (κ2) is 9.24. The zero-order chi connectivity index (χ0) is 20.0. The highest BCUT2D eigenvalue weighted by molar-refractivity contribution is 6.30. The average Bonchev–Trinajstić information content (AvgIpc) is 2.90. The van der Waals surface area contributed by atoms with Gasteiger partial charge in [-0.3, -0.25) is 4.68 Å². The van der Waals surface area contributed by atoms with Gasteiger partial charge in [0.25, 0.3) is 0 Å². The van der Waals surface area contributed by atoms with Crippen LogP contribution >= 0.6 is 11.6 Å². The molecule has 6 nitrogen and oxygen atoms in total. The molecule has 148 valence electrons. The first-order valence-electron chi connectivity index (χ1n) is 9.04. The number of carbonyl (C=O) groups excluding carboxylic acids is 1. The van der Waals surface area contributed by atoms with Gasteiger partial charge >= 0.3 is 6.03 Å². The van der Waals surface area contributed by atoms with Gasteiger partial charge in [0.1, 0.15) is 0 Å². The van der Waals surface area contributed by atoms with E-state index in [1.807, 2.05) is 42.8 Å². The topological polar surface area (TPSA) is 68.2 Å². The molecule has 2 amide bonds. The fraction of sp³-hybridized carbons (Fsp3) is 0.500. The molecule has 2 N–H and O–H groups in total. The summed E-state index contributed by atoms with van der Waals surface area (Å²) in [6.07, 6.45) is 0. The Bertz CT molecular complexity index is 769. The summed E-state index contributed by atoms with van der Waals surface area (Å²) in [6, 6.07) is 7.52. The number of carbonyl (C=O) groups is 1. The van der Waals surface area contributed by atoms with Gasteiger partial charge in [-0.05, 0) is 31.5 Å². The maximum Gasteiger partial charge on any atom is 0.315 e. The van der Waals surface area contributed by atoms with E-state index >= 15 is 0 Å². The van der Waals surface area contributed by atoms with Gasteiger partial charge in [0.2, 0.25) is 0 Å². The van der Waals surface area contributed by atoms with Crippen LogP contribution in [0.3, 0.4) is 0 Å². The van der Waals surface area contributed by atoms with E-state index in [4.69, 9.17) is 16.3 Å². The molecule has 1 aromatic heterocycles. The van der Waals surface area contributed by atoms with E-state index in [1.165, 1.54) is 0 Å². The van der Waals surface area contributed by atoms with E-state index in [0.717, 1.165) is 22.5 Å². The Labute approximate surface area is 166 Å². The summed E-state index contributed by atoms with van der Waals surface area (Å²) in [6.45, 7) is 10.4. The molecule has 7 heteroatoms. The molecule has 0 saturated carbocycles. The van der Waals surface area contributed by atoms with Crippen LogP contribution in [0.15, 0.2) is 24.3 Å². The van der Waals surface area contributed by atoms with Gasteiger partial charge in [0, 0.05) is 41.9 Å². The maximum absolute atomic E-state index is 12.3. The molecule has 0 atom stereocenters. The first kappa shape index (κ1) is 21.3. The lowest BCUT2D eigenvalue weighted by molar-refractivity contribution is 0.182. The Kier molecular flexibility index (Phi) is 7.27. The molecule has 0 aliphatic carbocycles. The van der Waals surface area contributed by atoms with Gasteiger partial charge < -0.3 is 15.4 Å². The van der Waals surface area contributed by atoms with E-state index in [0.29, 0.717) is 31.3 Å². The van der Waals surface area contributed by atoms with E-state index in [-0.39, 0.29) is 11.4 Å². The number of methoxy groups -OCH3 is 1. The van der Waals surface area contributed by atoms with Crippen molar-refractivity contribution in [1.29, 1.82) is 0 Å². The Balaban J connectivity index is 1.89. The molecular weight excluding hydrogens is 364 g/mol. The van der Waals surface area contributed by atoms with Gasteiger partial charge in [0.15, 0.2) is 0 Å². The van der Waals surface area contributed by atoms with E-state index in [9.17, 15) is 4.79 Å². The Morgan fingerprint density at radius 1 is 1.22 bits per heavy atom. The number of urea groups is 1. The number of rotatable bonds is 8. The molecule has 1 heterocycles. The molecule has 0 fully saturated rings. The normalized spacial score (nSPS) is 11.5. The van der Waals surface area contributed by atoms with Crippen molar-refractivity contribution in [3.63, 3.8) is 0 Å². The number of hydrogen-bond acceptors (Lipinski definition) is 3. The predicted molar refractivity (Wildman–Crippen MR) is 108 cm³/mol. The Morgan fingerprint density at radius 2 is 1.89 bits per heavy atom.